The Morgan fingerprint density at radius 1 is 1.36 bits per heavy atom. The molecule has 0 aliphatic heterocycles. The minimum Gasteiger partial charge on any atom is -0.338 e. The third kappa shape index (κ3) is 5.51. The quantitative estimate of drug-likeness (QED) is 0.753. The van der Waals surface area contributed by atoms with Gasteiger partial charge in [-0.05, 0) is 30.5 Å². The average Bonchev–Trinajstić information content (AvgIpc) is 3.02. The van der Waals surface area contributed by atoms with Crippen LogP contribution < -0.4 is 10.6 Å². The SMILES string of the molecule is Cc1c(Cl)cccc1-n1ccnc1SCC(=O)NC(=O)NCC(C)C. The molecule has 134 valence electrons. The second-order valence-electron chi connectivity index (χ2n) is 5.90. The Bertz CT molecular complexity index is 761. The lowest BCUT2D eigenvalue weighted by Gasteiger charge is -2.11. The molecule has 3 amide bonds. The van der Waals surface area contributed by atoms with E-state index in [1.165, 1.54) is 11.8 Å². The molecule has 0 fully saturated rings. The molecule has 0 aliphatic rings. The maximum atomic E-state index is 11.9. The number of hydrogen-bond donors (Lipinski definition) is 2. The molecule has 1 aromatic heterocycles. The van der Waals surface area contributed by atoms with Crippen molar-refractivity contribution >= 4 is 35.3 Å². The number of nitrogens with zero attached hydrogens (tertiary/aromatic N) is 2. The number of hydrogen-bond acceptors (Lipinski definition) is 4. The van der Waals surface area contributed by atoms with Crippen LogP contribution >= 0.6 is 23.4 Å². The van der Waals surface area contributed by atoms with Gasteiger partial charge in [0.25, 0.3) is 0 Å². The molecule has 6 nitrogen and oxygen atoms in total. The van der Waals surface area contributed by atoms with Gasteiger partial charge in [-0.15, -0.1) is 0 Å². The summed E-state index contributed by atoms with van der Waals surface area (Å²) in [6, 6.07) is 5.15. The minimum absolute atomic E-state index is 0.0890. The lowest BCUT2D eigenvalue weighted by molar-refractivity contribution is -0.117. The van der Waals surface area contributed by atoms with Gasteiger partial charge in [0.05, 0.1) is 11.4 Å². The van der Waals surface area contributed by atoms with Crippen molar-refractivity contribution in [2.75, 3.05) is 12.3 Å². The summed E-state index contributed by atoms with van der Waals surface area (Å²) in [5, 5.41) is 6.27. The van der Waals surface area contributed by atoms with Gasteiger partial charge in [0.2, 0.25) is 5.91 Å². The molecule has 8 heteroatoms. The van der Waals surface area contributed by atoms with Gasteiger partial charge in [0.1, 0.15) is 0 Å². The Kier molecular flexibility index (Phi) is 6.90. The van der Waals surface area contributed by atoms with Gasteiger partial charge in [0, 0.05) is 24.0 Å². The van der Waals surface area contributed by atoms with Crippen LogP contribution in [-0.2, 0) is 4.79 Å². The van der Waals surface area contributed by atoms with Gasteiger partial charge in [-0.3, -0.25) is 14.7 Å². The molecule has 0 saturated carbocycles. The van der Waals surface area contributed by atoms with Crippen LogP contribution in [0, 0.1) is 12.8 Å². The van der Waals surface area contributed by atoms with E-state index in [0.29, 0.717) is 22.6 Å². The Morgan fingerprint density at radius 2 is 2.12 bits per heavy atom. The standard InChI is InChI=1S/C17H21ClN4O2S/c1-11(2)9-20-16(24)21-15(23)10-25-17-19-7-8-22(17)14-6-4-5-13(18)12(14)3/h4-8,11H,9-10H2,1-3H3,(H2,20,21,23,24). The molecule has 0 radical (unpaired) electrons. The van der Waals surface area contributed by atoms with E-state index in [2.05, 4.69) is 15.6 Å². The van der Waals surface area contributed by atoms with Gasteiger partial charge in [-0.25, -0.2) is 9.78 Å². The van der Waals surface area contributed by atoms with Crippen LogP contribution in [0.15, 0.2) is 35.7 Å². The summed E-state index contributed by atoms with van der Waals surface area (Å²) in [7, 11) is 0. The highest BCUT2D eigenvalue weighted by Gasteiger charge is 2.13. The van der Waals surface area contributed by atoms with Crippen LogP contribution in [0.1, 0.15) is 19.4 Å². The number of carbonyl (C=O) groups excluding carboxylic acids is 2. The molecule has 25 heavy (non-hydrogen) atoms. The Morgan fingerprint density at radius 3 is 2.84 bits per heavy atom. The van der Waals surface area contributed by atoms with Crippen molar-refractivity contribution in [1.29, 1.82) is 0 Å². The molecule has 1 heterocycles. The lowest BCUT2D eigenvalue weighted by atomic mass is 10.2. The number of imide groups is 1. The second-order valence-corrected chi connectivity index (χ2v) is 7.25. The monoisotopic (exact) mass is 380 g/mol. The molecule has 0 bridgehead atoms. The molecule has 0 saturated heterocycles. The van der Waals surface area contributed by atoms with E-state index in [9.17, 15) is 9.59 Å². The first-order valence-corrected chi connectivity index (χ1v) is 9.24. The maximum Gasteiger partial charge on any atom is 0.321 e. The molecule has 2 aromatic rings. The number of aromatic nitrogens is 2. The van der Waals surface area contributed by atoms with Gasteiger partial charge in [0.15, 0.2) is 5.16 Å². The Balaban J connectivity index is 1.96. The highest BCUT2D eigenvalue weighted by molar-refractivity contribution is 7.99. The summed E-state index contributed by atoms with van der Waals surface area (Å²) >= 11 is 7.42. The van der Waals surface area contributed by atoms with Crippen LogP contribution in [-0.4, -0.2) is 33.8 Å². The Labute approximate surface area is 156 Å². The highest BCUT2D eigenvalue weighted by Crippen LogP contribution is 2.26. The predicted molar refractivity (Wildman–Crippen MR) is 100 cm³/mol. The fraction of sp³-hybridized carbons (Fsp3) is 0.353. The van der Waals surface area contributed by atoms with E-state index in [1.54, 1.807) is 6.20 Å². The first kappa shape index (κ1) is 19.3. The van der Waals surface area contributed by atoms with E-state index >= 15 is 0 Å². The number of benzene rings is 1. The van der Waals surface area contributed by atoms with Crippen molar-refractivity contribution in [3.05, 3.63) is 41.2 Å². The zero-order chi connectivity index (χ0) is 18.4. The number of urea groups is 1. The number of amides is 3. The molecule has 0 aliphatic carbocycles. The van der Waals surface area contributed by atoms with Crippen LogP contribution in [0.5, 0.6) is 0 Å². The number of imidazole rings is 1. The molecule has 2 rings (SSSR count). The molecule has 0 unspecified atom stereocenters. The number of carbonyl (C=O) groups is 2. The van der Waals surface area contributed by atoms with Gasteiger partial charge < -0.3 is 5.32 Å². The number of rotatable bonds is 6. The summed E-state index contributed by atoms with van der Waals surface area (Å²) < 4.78 is 1.87. The van der Waals surface area contributed by atoms with Crippen molar-refractivity contribution < 1.29 is 9.59 Å². The van der Waals surface area contributed by atoms with Gasteiger partial charge in [-0.2, -0.15) is 0 Å². The van der Waals surface area contributed by atoms with Gasteiger partial charge in [-0.1, -0.05) is 43.3 Å². The number of halogens is 1. The van der Waals surface area contributed by atoms with Crippen molar-refractivity contribution in [2.24, 2.45) is 5.92 Å². The maximum absolute atomic E-state index is 11.9. The van der Waals surface area contributed by atoms with E-state index in [1.807, 2.05) is 49.7 Å². The number of thioether (sulfide) groups is 1. The smallest absolute Gasteiger partial charge is 0.321 e. The zero-order valence-corrected chi connectivity index (χ0v) is 15.9. The molecule has 0 spiro atoms. The summed E-state index contributed by atoms with van der Waals surface area (Å²) in [6.07, 6.45) is 3.48. The third-order valence-corrected chi connectivity index (χ3v) is 4.74. The topological polar surface area (TPSA) is 76.0 Å². The van der Waals surface area contributed by atoms with Crippen LogP contribution in [0.3, 0.4) is 0 Å². The summed E-state index contributed by atoms with van der Waals surface area (Å²) in [4.78, 5) is 27.8. The largest absolute Gasteiger partial charge is 0.338 e. The van der Waals surface area contributed by atoms with E-state index in [-0.39, 0.29) is 11.7 Å². The summed E-state index contributed by atoms with van der Waals surface area (Å²) in [5.41, 5.74) is 1.84. The highest BCUT2D eigenvalue weighted by atomic mass is 35.5. The molecule has 2 N–H and O–H groups in total. The van der Waals surface area contributed by atoms with E-state index < -0.39 is 6.03 Å². The minimum atomic E-state index is -0.478. The average molecular weight is 381 g/mol. The fourth-order valence-corrected chi connectivity index (χ4v) is 3.01. The Hall–Kier alpha value is -1.99. The molecule has 1 aromatic carbocycles. The number of nitrogens with one attached hydrogen (secondary N) is 2. The summed E-state index contributed by atoms with van der Waals surface area (Å²) in [5.74, 6) is 0.0402. The van der Waals surface area contributed by atoms with Crippen LogP contribution in [0.2, 0.25) is 5.02 Å². The zero-order valence-electron chi connectivity index (χ0n) is 14.4. The normalized spacial score (nSPS) is 10.8. The molecular formula is C17H21ClN4O2S. The molecule has 0 atom stereocenters. The summed E-state index contributed by atoms with van der Waals surface area (Å²) in [6.45, 7) is 6.41. The van der Waals surface area contributed by atoms with E-state index in [0.717, 1.165) is 11.3 Å². The third-order valence-electron chi connectivity index (χ3n) is 3.36. The predicted octanol–water partition coefficient (Wildman–Crippen LogP) is 3.41. The van der Waals surface area contributed by atoms with Crippen molar-refractivity contribution in [3.63, 3.8) is 0 Å². The van der Waals surface area contributed by atoms with Crippen LogP contribution in [0.4, 0.5) is 4.79 Å². The first-order valence-electron chi connectivity index (χ1n) is 7.87. The van der Waals surface area contributed by atoms with E-state index in [4.69, 9.17) is 11.6 Å². The van der Waals surface area contributed by atoms with Crippen LogP contribution in [0.25, 0.3) is 5.69 Å². The van der Waals surface area contributed by atoms with Crippen molar-refractivity contribution in [2.45, 2.75) is 25.9 Å². The molecular weight excluding hydrogens is 360 g/mol. The fourth-order valence-electron chi connectivity index (χ4n) is 2.07. The van der Waals surface area contributed by atoms with Crippen molar-refractivity contribution in [3.8, 4) is 5.69 Å². The van der Waals surface area contributed by atoms with Gasteiger partial charge >= 0.3 is 6.03 Å². The first-order chi connectivity index (χ1) is 11.9. The lowest BCUT2D eigenvalue weighted by Crippen LogP contribution is -2.41. The second kappa shape index (κ2) is 8.92. The van der Waals surface area contributed by atoms with Crippen molar-refractivity contribution in [1.82, 2.24) is 20.2 Å².